The topological polar surface area (TPSA) is 8.17 Å². The Labute approximate surface area is 366 Å². The average Bonchev–Trinajstić information content (AvgIpc) is 3.63. The fraction of sp³-hybridized carbons (Fsp3) is 0.133. The van der Waals surface area contributed by atoms with E-state index >= 15 is 0 Å². The molecule has 0 aliphatic carbocycles. The summed E-state index contributed by atoms with van der Waals surface area (Å²) in [5.41, 5.74) is 16.7. The van der Waals surface area contributed by atoms with E-state index < -0.39 is 0 Å². The van der Waals surface area contributed by atoms with Crippen molar-refractivity contribution in [3.8, 4) is 39.1 Å². The molecule has 10 aromatic rings. The third-order valence-electron chi connectivity index (χ3n) is 12.5. The molecular weight excluding hydrogens is 749 g/mol. The van der Waals surface area contributed by atoms with Crippen LogP contribution in [0.5, 0.6) is 0 Å². The number of para-hydroxylation sites is 2. The maximum atomic E-state index is 2.49. The average molecular weight is 801 g/mol. The van der Waals surface area contributed by atoms with Crippen molar-refractivity contribution in [3.05, 3.63) is 217 Å². The highest BCUT2D eigenvalue weighted by Gasteiger charge is 2.25. The molecule has 0 spiro atoms. The Kier molecular flexibility index (Phi) is 9.68. The van der Waals surface area contributed by atoms with Gasteiger partial charge in [-0.05, 0) is 121 Å². The normalized spacial score (nSPS) is 12.0. The van der Waals surface area contributed by atoms with E-state index in [1.807, 2.05) is 0 Å². The number of rotatable bonds is 7. The first-order valence-electron chi connectivity index (χ1n) is 21.8. The van der Waals surface area contributed by atoms with E-state index in [-0.39, 0.29) is 10.8 Å². The molecule has 2 heteroatoms. The fourth-order valence-corrected chi connectivity index (χ4v) is 9.16. The van der Waals surface area contributed by atoms with Gasteiger partial charge in [-0.3, -0.25) is 0 Å². The van der Waals surface area contributed by atoms with Crippen LogP contribution in [0.4, 0.5) is 17.1 Å². The van der Waals surface area contributed by atoms with Gasteiger partial charge in [-0.2, -0.15) is 0 Å². The van der Waals surface area contributed by atoms with Crippen LogP contribution >= 0.6 is 0 Å². The Morgan fingerprint density at radius 3 is 1.73 bits per heavy atom. The quantitative estimate of drug-likeness (QED) is 0.156. The van der Waals surface area contributed by atoms with Gasteiger partial charge in [0.15, 0.2) is 0 Å². The van der Waals surface area contributed by atoms with Crippen LogP contribution in [0.3, 0.4) is 0 Å². The molecule has 1 aromatic heterocycles. The van der Waals surface area contributed by atoms with E-state index in [2.05, 4.69) is 257 Å². The fourth-order valence-electron chi connectivity index (χ4n) is 9.16. The van der Waals surface area contributed by atoms with E-state index in [9.17, 15) is 0 Å². The molecule has 0 aliphatic rings. The summed E-state index contributed by atoms with van der Waals surface area (Å²) in [5.74, 6) is 0. The largest absolute Gasteiger partial charge is 0.310 e. The van der Waals surface area contributed by atoms with Gasteiger partial charge in [0.2, 0.25) is 0 Å². The van der Waals surface area contributed by atoms with Gasteiger partial charge in [0.05, 0.1) is 16.7 Å². The van der Waals surface area contributed by atoms with Crippen LogP contribution in [0.15, 0.2) is 206 Å². The second-order valence-electron chi connectivity index (χ2n) is 18.7. The molecule has 2 nitrogen and oxygen atoms in total. The van der Waals surface area contributed by atoms with Gasteiger partial charge in [-0.25, -0.2) is 0 Å². The van der Waals surface area contributed by atoms with Crippen LogP contribution in [0.2, 0.25) is 0 Å². The molecule has 0 saturated carbocycles. The number of aromatic nitrogens is 1. The molecule has 10 rings (SSSR count). The lowest BCUT2D eigenvalue weighted by Crippen LogP contribution is -2.12. The highest BCUT2D eigenvalue weighted by atomic mass is 15.1. The summed E-state index contributed by atoms with van der Waals surface area (Å²) in [7, 11) is 0. The summed E-state index contributed by atoms with van der Waals surface area (Å²) in [6.45, 7) is 13.9. The summed E-state index contributed by atoms with van der Waals surface area (Å²) in [5, 5.41) is 5.03. The van der Waals surface area contributed by atoms with Crippen LogP contribution < -0.4 is 4.90 Å². The third kappa shape index (κ3) is 7.06. The lowest BCUT2D eigenvalue weighted by atomic mass is 9.83. The Bertz CT molecular complexity index is 3230. The summed E-state index contributed by atoms with van der Waals surface area (Å²) < 4.78 is 2.49. The first-order chi connectivity index (χ1) is 30.0. The molecule has 9 aromatic carbocycles. The first-order valence-corrected chi connectivity index (χ1v) is 21.8. The van der Waals surface area contributed by atoms with Gasteiger partial charge in [0.1, 0.15) is 0 Å². The molecule has 1 heterocycles. The van der Waals surface area contributed by atoms with Crippen molar-refractivity contribution in [2.75, 3.05) is 4.90 Å². The molecular formula is C60H52N2. The Morgan fingerprint density at radius 1 is 0.371 bits per heavy atom. The smallest absolute Gasteiger partial charge is 0.0550 e. The Hall–Kier alpha value is -7.16. The maximum absolute atomic E-state index is 2.49. The van der Waals surface area contributed by atoms with Gasteiger partial charge in [-0.1, -0.05) is 187 Å². The summed E-state index contributed by atoms with van der Waals surface area (Å²) in [6.07, 6.45) is 0. The standard InChI is InChI=1S/C60H52N2/c1-59(2,3)45-33-36-53-56(39-45)62(47-24-11-8-12-25-47)57-40-46(60(4,5)6)38-54(58(53)57)44-23-17-26-49(37-44)61(55-30-16-15-28-52(55)42-19-9-7-10-20-42)48-34-31-43(32-35-48)51-29-18-22-41-21-13-14-27-50(41)51/h7-40H,1-6H3. The second-order valence-corrected chi connectivity index (χ2v) is 18.7. The van der Waals surface area contributed by atoms with Crippen molar-refractivity contribution in [1.82, 2.24) is 4.57 Å². The van der Waals surface area contributed by atoms with Gasteiger partial charge >= 0.3 is 0 Å². The van der Waals surface area contributed by atoms with E-state index in [0.717, 1.165) is 17.1 Å². The van der Waals surface area contributed by atoms with Crippen LogP contribution in [0.1, 0.15) is 52.7 Å². The Morgan fingerprint density at radius 2 is 0.968 bits per heavy atom. The van der Waals surface area contributed by atoms with E-state index in [1.165, 1.54) is 82.8 Å². The minimum Gasteiger partial charge on any atom is -0.310 e. The number of benzene rings is 9. The van der Waals surface area contributed by atoms with Gasteiger partial charge in [-0.15, -0.1) is 0 Å². The molecule has 0 atom stereocenters. The molecule has 0 amide bonds. The summed E-state index contributed by atoms with van der Waals surface area (Å²) in [4.78, 5) is 2.44. The molecule has 62 heavy (non-hydrogen) atoms. The molecule has 0 bridgehead atoms. The van der Waals surface area contributed by atoms with E-state index in [4.69, 9.17) is 0 Å². The molecule has 0 fully saturated rings. The minimum atomic E-state index is -0.0818. The zero-order valence-electron chi connectivity index (χ0n) is 36.5. The van der Waals surface area contributed by atoms with Crippen molar-refractivity contribution in [3.63, 3.8) is 0 Å². The highest BCUT2D eigenvalue weighted by Crippen LogP contribution is 2.46. The van der Waals surface area contributed by atoms with Crippen molar-refractivity contribution >= 4 is 49.6 Å². The molecule has 302 valence electrons. The molecule has 0 aliphatic heterocycles. The van der Waals surface area contributed by atoms with E-state index in [0.29, 0.717) is 0 Å². The second kappa shape index (κ2) is 15.4. The van der Waals surface area contributed by atoms with Gasteiger partial charge < -0.3 is 9.47 Å². The van der Waals surface area contributed by atoms with Gasteiger partial charge in [0, 0.05) is 33.4 Å². The first kappa shape index (κ1) is 39.0. The van der Waals surface area contributed by atoms with Crippen molar-refractivity contribution in [2.45, 2.75) is 52.4 Å². The summed E-state index contributed by atoms with van der Waals surface area (Å²) >= 11 is 0. The van der Waals surface area contributed by atoms with Crippen molar-refractivity contribution in [1.29, 1.82) is 0 Å². The number of hydrogen-bond donors (Lipinski definition) is 0. The van der Waals surface area contributed by atoms with Crippen molar-refractivity contribution < 1.29 is 0 Å². The van der Waals surface area contributed by atoms with Crippen LogP contribution in [-0.2, 0) is 10.8 Å². The third-order valence-corrected chi connectivity index (χ3v) is 12.5. The zero-order valence-corrected chi connectivity index (χ0v) is 36.5. The number of fused-ring (bicyclic) bond motifs is 4. The predicted molar refractivity (Wildman–Crippen MR) is 267 cm³/mol. The van der Waals surface area contributed by atoms with Crippen LogP contribution in [0, 0.1) is 0 Å². The molecule has 0 radical (unpaired) electrons. The number of anilines is 3. The minimum absolute atomic E-state index is 0.00643. The lowest BCUT2D eigenvalue weighted by molar-refractivity contribution is 0.591. The summed E-state index contributed by atoms with van der Waals surface area (Å²) in [6, 6.07) is 76.0. The molecule has 0 unspecified atom stereocenters. The van der Waals surface area contributed by atoms with Crippen LogP contribution in [0.25, 0.3) is 71.6 Å². The zero-order chi connectivity index (χ0) is 42.6. The monoisotopic (exact) mass is 800 g/mol. The van der Waals surface area contributed by atoms with Crippen molar-refractivity contribution in [2.24, 2.45) is 0 Å². The SMILES string of the molecule is CC(C)(C)c1ccc2c3c(-c4cccc(N(c5ccc(-c6cccc7ccccc67)cc5)c5ccccc5-c5ccccc5)c4)cc(C(C)(C)C)cc3n(-c3ccccc3)c2c1. The maximum Gasteiger partial charge on any atom is 0.0550 e. The Balaban J connectivity index is 1.21. The van der Waals surface area contributed by atoms with E-state index in [1.54, 1.807) is 0 Å². The highest BCUT2D eigenvalue weighted by molar-refractivity contribution is 6.16. The number of hydrogen-bond acceptors (Lipinski definition) is 1. The molecule has 0 N–H and O–H groups in total. The molecule has 0 saturated heterocycles. The van der Waals surface area contributed by atoms with Gasteiger partial charge in [0.25, 0.3) is 0 Å². The van der Waals surface area contributed by atoms with Crippen LogP contribution in [-0.4, -0.2) is 4.57 Å². The number of nitrogens with zero attached hydrogens (tertiary/aromatic N) is 2. The predicted octanol–water partition coefficient (Wildman–Crippen LogP) is 17.0. The lowest BCUT2D eigenvalue weighted by Gasteiger charge is -2.29.